The van der Waals surface area contributed by atoms with E-state index in [0.29, 0.717) is 38.0 Å². The molecule has 6 nitrogen and oxygen atoms in total. The van der Waals surface area contributed by atoms with Crippen LogP contribution in [0, 0.1) is 30.6 Å². The highest BCUT2D eigenvalue weighted by atomic mass is 16.5. The van der Waals surface area contributed by atoms with Gasteiger partial charge in [-0.05, 0) is 44.9 Å². The third-order valence-electron chi connectivity index (χ3n) is 5.72. The second kappa shape index (κ2) is 16.0. The lowest BCUT2D eigenvalue weighted by Gasteiger charge is -2.25. The van der Waals surface area contributed by atoms with E-state index in [2.05, 4.69) is 17.2 Å². The summed E-state index contributed by atoms with van der Waals surface area (Å²) >= 11 is 0. The highest BCUT2D eigenvalue weighted by Gasteiger charge is 2.37. The topological polar surface area (TPSA) is 75.7 Å². The molecule has 1 heterocycles. The van der Waals surface area contributed by atoms with Gasteiger partial charge in [-0.2, -0.15) is 0 Å². The van der Waals surface area contributed by atoms with Crippen LogP contribution in [0.1, 0.15) is 84.0 Å². The Kier molecular flexibility index (Phi) is 13.6. The summed E-state index contributed by atoms with van der Waals surface area (Å²) in [5, 5.41) is 2.97. The first-order valence-electron chi connectivity index (χ1n) is 11.7. The maximum absolute atomic E-state index is 12.6. The number of rotatable bonds is 16. The van der Waals surface area contributed by atoms with E-state index in [1.54, 1.807) is 0 Å². The van der Waals surface area contributed by atoms with Crippen molar-refractivity contribution < 1.29 is 19.1 Å². The van der Waals surface area contributed by atoms with E-state index >= 15 is 0 Å². The molecular weight excluding hydrogens is 404 g/mol. The number of hydrogen-bond acceptors (Lipinski definition) is 4. The van der Waals surface area contributed by atoms with E-state index in [0.717, 1.165) is 51.4 Å². The number of nitrogens with one attached hydrogen (secondary N) is 1. The predicted molar refractivity (Wildman–Crippen MR) is 126 cm³/mol. The molecule has 0 saturated heterocycles. The van der Waals surface area contributed by atoms with Crippen LogP contribution in [0.25, 0.3) is 0 Å². The summed E-state index contributed by atoms with van der Waals surface area (Å²) in [6.45, 7) is 2.50. The number of carbonyl (C=O) groups excluding carboxylic acids is 3. The fraction of sp³-hybridized carbons (Fsp3) is 0.654. The lowest BCUT2D eigenvalue weighted by atomic mass is 10.0. The molecule has 0 unspecified atom stereocenters. The average Bonchev–Trinajstić information content (AvgIpc) is 3.11. The van der Waals surface area contributed by atoms with Gasteiger partial charge in [-0.15, -0.1) is 24.7 Å². The smallest absolute Gasteiger partial charge is 0.257 e. The summed E-state index contributed by atoms with van der Waals surface area (Å²) in [6, 6.07) is -0.364. The molecule has 1 rings (SSSR count). The van der Waals surface area contributed by atoms with E-state index in [-0.39, 0.29) is 29.7 Å². The van der Waals surface area contributed by atoms with Crippen molar-refractivity contribution in [1.82, 2.24) is 10.2 Å². The second-order valence-corrected chi connectivity index (χ2v) is 8.27. The first-order valence-corrected chi connectivity index (χ1v) is 11.7. The van der Waals surface area contributed by atoms with Gasteiger partial charge in [0.2, 0.25) is 11.8 Å². The van der Waals surface area contributed by atoms with Crippen LogP contribution in [-0.4, -0.2) is 42.3 Å². The lowest BCUT2D eigenvalue weighted by Crippen LogP contribution is -2.40. The third kappa shape index (κ3) is 9.60. The van der Waals surface area contributed by atoms with Crippen LogP contribution in [0.4, 0.5) is 0 Å². The summed E-state index contributed by atoms with van der Waals surface area (Å²) in [7, 11) is 1.52. The first-order chi connectivity index (χ1) is 15.5. The normalized spacial score (nSPS) is 16.1. The third-order valence-corrected chi connectivity index (χ3v) is 5.72. The van der Waals surface area contributed by atoms with Gasteiger partial charge in [-0.3, -0.25) is 19.3 Å². The summed E-state index contributed by atoms with van der Waals surface area (Å²) in [5.41, 5.74) is 0. The zero-order chi connectivity index (χ0) is 23.8. The van der Waals surface area contributed by atoms with Gasteiger partial charge in [0.25, 0.3) is 5.91 Å². The van der Waals surface area contributed by atoms with Gasteiger partial charge < -0.3 is 10.1 Å². The van der Waals surface area contributed by atoms with Crippen LogP contribution in [0.5, 0.6) is 0 Å². The van der Waals surface area contributed by atoms with Crippen molar-refractivity contribution in [1.29, 1.82) is 0 Å². The number of amides is 3. The van der Waals surface area contributed by atoms with Crippen molar-refractivity contribution >= 4 is 17.7 Å². The van der Waals surface area contributed by atoms with E-state index in [1.807, 2.05) is 6.92 Å². The minimum atomic E-state index is -0.364. The molecule has 0 bridgehead atoms. The van der Waals surface area contributed by atoms with E-state index < -0.39 is 0 Å². The SMILES string of the molecule is C#CCCCCCC(=O)N1C(=O)C=C(OC)[C@@H]1CCCCNC(=O)[C@@H](C)CCCCC#C. The molecule has 1 aliphatic rings. The van der Waals surface area contributed by atoms with Crippen molar-refractivity contribution in [3.63, 3.8) is 0 Å². The van der Waals surface area contributed by atoms with Crippen molar-refractivity contribution in [3.8, 4) is 24.7 Å². The van der Waals surface area contributed by atoms with Crippen LogP contribution in [0.3, 0.4) is 0 Å². The van der Waals surface area contributed by atoms with Crippen molar-refractivity contribution in [2.24, 2.45) is 5.92 Å². The molecule has 0 aromatic rings. The molecule has 0 radical (unpaired) electrons. The van der Waals surface area contributed by atoms with Crippen molar-refractivity contribution in [2.75, 3.05) is 13.7 Å². The number of carbonyl (C=O) groups is 3. The Hall–Kier alpha value is -2.73. The molecule has 1 aliphatic heterocycles. The van der Waals surface area contributed by atoms with Crippen LogP contribution < -0.4 is 5.32 Å². The van der Waals surface area contributed by atoms with E-state index in [1.165, 1.54) is 18.1 Å². The molecular formula is C26H38N2O4. The highest BCUT2D eigenvalue weighted by Crippen LogP contribution is 2.26. The van der Waals surface area contributed by atoms with Gasteiger partial charge in [0.15, 0.2) is 0 Å². The molecule has 1 N–H and O–H groups in total. The fourth-order valence-electron chi connectivity index (χ4n) is 3.79. The number of imide groups is 1. The van der Waals surface area contributed by atoms with Gasteiger partial charge >= 0.3 is 0 Å². The van der Waals surface area contributed by atoms with E-state index in [9.17, 15) is 14.4 Å². The number of ether oxygens (including phenoxy) is 1. The molecule has 0 aliphatic carbocycles. The molecule has 0 saturated carbocycles. The molecule has 176 valence electrons. The Labute approximate surface area is 193 Å². The van der Waals surface area contributed by atoms with Crippen LogP contribution in [0.15, 0.2) is 11.8 Å². The van der Waals surface area contributed by atoms with Gasteiger partial charge in [0.05, 0.1) is 13.2 Å². The Morgan fingerprint density at radius 1 is 1.09 bits per heavy atom. The van der Waals surface area contributed by atoms with Gasteiger partial charge in [0.1, 0.15) is 5.76 Å². The summed E-state index contributed by atoms with van der Waals surface area (Å²) in [4.78, 5) is 38.5. The molecule has 0 spiro atoms. The number of methoxy groups -OCH3 is 1. The van der Waals surface area contributed by atoms with Gasteiger partial charge in [0, 0.05) is 37.8 Å². The number of nitrogens with zero attached hydrogens (tertiary/aromatic N) is 1. The standard InChI is InChI=1S/C26H38N2O4/c1-5-7-9-11-13-18-24(29)28-22(23(32-4)20-25(28)30)17-14-15-19-27-26(31)21(3)16-12-10-8-6-2/h1-2,20-22H,7-19H2,3-4H3,(H,27,31)/t21-,22-/m0/s1. The molecule has 0 aromatic heterocycles. The molecule has 0 fully saturated rings. The lowest BCUT2D eigenvalue weighted by molar-refractivity contribution is -0.143. The maximum Gasteiger partial charge on any atom is 0.257 e. The Bertz CT molecular complexity index is 729. The Morgan fingerprint density at radius 2 is 1.78 bits per heavy atom. The first kappa shape index (κ1) is 27.3. The Balaban J connectivity index is 2.39. The van der Waals surface area contributed by atoms with Crippen molar-refractivity contribution in [3.05, 3.63) is 11.8 Å². The van der Waals surface area contributed by atoms with Crippen molar-refractivity contribution in [2.45, 2.75) is 90.0 Å². The van der Waals surface area contributed by atoms with E-state index in [4.69, 9.17) is 17.6 Å². The monoisotopic (exact) mass is 442 g/mol. The largest absolute Gasteiger partial charge is 0.499 e. The zero-order valence-corrected chi connectivity index (χ0v) is 19.7. The van der Waals surface area contributed by atoms with Crippen LogP contribution in [0.2, 0.25) is 0 Å². The number of unbranched alkanes of at least 4 members (excludes halogenated alkanes) is 6. The summed E-state index contributed by atoms with van der Waals surface area (Å²) < 4.78 is 5.36. The minimum Gasteiger partial charge on any atom is -0.499 e. The fourth-order valence-corrected chi connectivity index (χ4v) is 3.79. The molecule has 0 aromatic carbocycles. The van der Waals surface area contributed by atoms with Gasteiger partial charge in [-0.1, -0.05) is 19.8 Å². The molecule has 32 heavy (non-hydrogen) atoms. The quantitative estimate of drug-likeness (QED) is 0.290. The summed E-state index contributed by atoms with van der Waals surface area (Å²) in [6.07, 6.45) is 21.0. The average molecular weight is 443 g/mol. The number of terminal acetylenes is 2. The summed E-state index contributed by atoms with van der Waals surface area (Å²) in [5.74, 6) is 5.28. The Morgan fingerprint density at radius 3 is 2.44 bits per heavy atom. The minimum absolute atomic E-state index is 0.0306. The molecule has 2 atom stereocenters. The second-order valence-electron chi connectivity index (χ2n) is 8.27. The zero-order valence-electron chi connectivity index (χ0n) is 19.7. The van der Waals surface area contributed by atoms with Gasteiger partial charge in [-0.25, -0.2) is 0 Å². The maximum atomic E-state index is 12.6. The van der Waals surface area contributed by atoms with Crippen LogP contribution in [-0.2, 0) is 19.1 Å². The molecule has 6 heteroatoms. The molecule has 3 amide bonds. The predicted octanol–water partition coefficient (Wildman–Crippen LogP) is 3.95. The van der Waals surface area contributed by atoms with Crippen LogP contribution >= 0.6 is 0 Å². The number of hydrogen-bond donors (Lipinski definition) is 1. The highest BCUT2D eigenvalue weighted by molar-refractivity contribution is 6.04.